The van der Waals surface area contributed by atoms with Gasteiger partial charge in [0, 0.05) is 55.5 Å². The highest BCUT2D eigenvalue weighted by Crippen LogP contribution is 2.20. The second-order valence-electron chi connectivity index (χ2n) is 14.1. The summed E-state index contributed by atoms with van der Waals surface area (Å²) in [4.78, 5) is 91.6. The highest BCUT2D eigenvalue weighted by Gasteiger charge is 2.38. The van der Waals surface area contributed by atoms with E-state index in [1.165, 1.54) is 11.2 Å². The molecule has 1 aliphatic rings. The number of aromatic nitrogens is 3. The molecule has 0 saturated carbocycles. The van der Waals surface area contributed by atoms with Gasteiger partial charge in [-0.3, -0.25) is 28.8 Å². The minimum atomic E-state index is -1.19. The summed E-state index contributed by atoms with van der Waals surface area (Å²) in [6.07, 6.45) is 6.64. The lowest BCUT2D eigenvalue weighted by Crippen LogP contribution is -2.59. The molecule has 12 N–H and O–H groups in total. The van der Waals surface area contributed by atoms with Crippen LogP contribution in [0.5, 0.6) is 0 Å². The van der Waals surface area contributed by atoms with Crippen molar-refractivity contribution in [3.05, 3.63) is 90.1 Å². The minimum Gasteiger partial charge on any atom is -0.368 e. The van der Waals surface area contributed by atoms with E-state index in [0.717, 1.165) is 22.0 Å². The Morgan fingerprint density at radius 1 is 0.857 bits per heavy atom. The number of benzene rings is 2. The largest absolute Gasteiger partial charge is 0.368 e. The molecule has 1 aliphatic heterocycles. The topological polar surface area (TPSA) is 276 Å². The lowest BCUT2D eigenvalue weighted by Gasteiger charge is -2.28. The number of hydrogen-bond acceptors (Lipinski definition) is 9. The first-order valence-electron chi connectivity index (χ1n) is 18.8. The SMILES string of the molecule is C[C@@H](C(=O)N[C@@H](Cc1c[nH]c2ccccc12)C(=O)N[C@H](Cc1ccccc1)C(=O)N[C@@H](CCCCN)C(N)=O)N1C[C@H](NC(=O)[C@@H](N)Cc2c[nH]cn2)CC1=O. The van der Waals surface area contributed by atoms with Gasteiger partial charge in [0.1, 0.15) is 24.2 Å². The van der Waals surface area contributed by atoms with Crippen molar-refractivity contribution in [3.63, 3.8) is 0 Å². The third-order valence-electron chi connectivity index (χ3n) is 9.93. The minimum absolute atomic E-state index is 0.0352. The number of imidazole rings is 1. The smallest absolute Gasteiger partial charge is 0.243 e. The first-order valence-corrected chi connectivity index (χ1v) is 18.8. The average molecular weight is 770 g/mol. The van der Waals surface area contributed by atoms with Crippen LogP contribution in [0.25, 0.3) is 10.9 Å². The lowest BCUT2D eigenvalue weighted by molar-refractivity contribution is -0.138. The van der Waals surface area contributed by atoms with Crippen molar-refractivity contribution in [2.75, 3.05) is 13.1 Å². The van der Waals surface area contributed by atoms with Gasteiger partial charge in [-0.2, -0.15) is 0 Å². The maximum Gasteiger partial charge on any atom is 0.243 e. The Kier molecular flexibility index (Phi) is 14.3. The summed E-state index contributed by atoms with van der Waals surface area (Å²) in [6, 6.07) is 10.7. The number of nitrogens with zero attached hydrogens (tertiary/aromatic N) is 2. The van der Waals surface area contributed by atoms with E-state index in [9.17, 15) is 28.8 Å². The number of unbranched alkanes of at least 4 members (excludes halogenated alkanes) is 1. The molecule has 2 aromatic carbocycles. The molecule has 298 valence electrons. The molecule has 56 heavy (non-hydrogen) atoms. The Morgan fingerprint density at radius 3 is 2.23 bits per heavy atom. The zero-order chi connectivity index (χ0) is 40.2. The van der Waals surface area contributed by atoms with Gasteiger partial charge in [0.05, 0.1) is 24.1 Å². The Hall–Kier alpha value is -6.07. The molecule has 5 rings (SSSR count). The molecule has 6 amide bonds. The predicted octanol–water partition coefficient (Wildman–Crippen LogP) is -0.579. The third kappa shape index (κ3) is 11.0. The molecule has 1 saturated heterocycles. The number of amides is 6. The van der Waals surface area contributed by atoms with E-state index in [2.05, 4.69) is 36.2 Å². The fraction of sp³-hybridized carbons (Fsp3) is 0.410. The van der Waals surface area contributed by atoms with E-state index in [1.54, 1.807) is 31.5 Å². The van der Waals surface area contributed by atoms with Crippen LogP contribution in [0.15, 0.2) is 73.3 Å². The number of para-hydroxylation sites is 1. The standard InChI is InChI=1S/C39H51N11O6/c1-23(50-21-27(18-34(50)51)46-37(54)29(41)17-26-20-43-22-45-26)36(53)48-33(16-25-19-44-30-12-6-5-11-28(25)30)39(56)49-32(15-24-9-3-2-4-10-24)38(55)47-31(35(42)52)13-7-8-14-40/h2-6,9-12,19-20,22-23,27,29,31-33,44H,7-8,13-18,21,40-41H2,1H3,(H2,42,52)(H,43,45)(H,46,54)(H,47,55)(H,48,53)(H,49,56)/t23-,27+,29-,31-,32+,33-/m0/s1. The number of fused-ring (bicyclic) bond motifs is 1. The second kappa shape index (κ2) is 19.5. The number of carbonyl (C=O) groups excluding carboxylic acids is 6. The van der Waals surface area contributed by atoms with Crippen LogP contribution in [-0.2, 0) is 48.0 Å². The molecular weight excluding hydrogens is 718 g/mol. The monoisotopic (exact) mass is 769 g/mol. The third-order valence-corrected chi connectivity index (χ3v) is 9.93. The molecule has 0 bridgehead atoms. The number of nitrogens with one attached hydrogen (secondary N) is 6. The van der Waals surface area contributed by atoms with E-state index in [0.29, 0.717) is 25.1 Å². The Morgan fingerprint density at radius 2 is 1.54 bits per heavy atom. The van der Waals surface area contributed by atoms with Gasteiger partial charge in [0.2, 0.25) is 35.4 Å². The number of carbonyl (C=O) groups is 6. The quantitative estimate of drug-likeness (QED) is 0.0520. The van der Waals surface area contributed by atoms with Crippen LogP contribution in [0.2, 0.25) is 0 Å². The maximum atomic E-state index is 14.3. The lowest BCUT2D eigenvalue weighted by atomic mass is 10.0. The first-order chi connectivity index (χ1) is 26.9. The van der Waals surface area contributed by atoms with Gasteiger partial charge in [-0.25, -0.2) is 4.98 Å². The van der Waals surface area contributed by atoms with Crippen molar-refractivity contribution in [1.29, 1.82) is 0 Å². The van der Waals surface area contributed by atoms with Gasteiger partial charge in [-0.1, -0.05) is 48.5 Å². The number of likely N-dealkylation sites (tertiary alicyclic amines) is 1. The average Bonchev–Trinajstić information content (AvgIpc) is 3.94. The summed E-state index contributed by atoms with van der Waals surface area (Å²) in [7, 11) is 0. The van der Waals surface area contributed by atoms with E-state index >= 15 is 0 Å². The fourth-order valence-electron chi connectivity index (χ4n) is 6.78. The molecular formula is C39H51N11O6. The van der Waals surface area contributed by atoms with Crippen LogP contribution >= 0.6 is 0 Å². The van der Waals surface area contributed by atoms with E-state index in [4.69, 9.17) is 17.2 Å². The molecule has 0 unspecified atom stereocenters. The van der Waals surface area contributed by atoms with E-state index < -0.39 is 65.8 Å². The zero-order valence-electron chi connectivity index (χ0n) is 31.3. The van der Waals surface area contributed by atoms with Crippen molar-refractivity contribution in [2.45, 2.75) is 88.1 Å². The predicted molar refractivity (Wildman–Crippen MR) is 208 cm³/mol. The first kappa shape index (κ1) is 41.1. The van der Waals surface area contributed by atoms with Crippen LogP contribution < -0.4 is 38.5 Å². The summed E-state index contributed by atoms with van der Waals surface area (Å²) < 4.78 is 0. The van der Waals surface area contributed by atoms with Crippen molar-refractivity contribution < 1.29 is 28.8 Å². The van der Waals surface area contributed by atoms with Crippen molar-refractivity contribution in [1.82, 2.24) is 41.1 Å². The Balaban J connectivity index is 1.32. The van der Waals surface area contributed by atoms with E-state index in [-0.39, 0.29) is 44.6 Å². The molecule has 6 atom stereocenters. The van der Waals surface area contributed by atoms with Crippen molar-refractivity contribution >= 4 is 46.3 Å². The summed E-state index contributed by atoms with van der Waals surface area (Å²) in [5, 5.41) is 12.0. The summed E-state index contributed by atoms with van der Waals surface area (Å²) in [5.41, 5.74) is 20.2. The normalized spacial score (nSPS) is 16.7. The van der Waals surface area contributed by atoms with Gasteiger partial charge in [-0.05, 0) is 49.9 Å². The van der Waals surface area contributed by atoms with Crippen LogP contribution in [-0.4, -0.2) is 105 Å². The maximum absolute atomic E-state index is 14.3. The molecule has 17 nitrogen and oxygen atoms in total. The van der Waals surface area contributed by atoms with Gasteiger partial charge >= 0.3 is 0 Å². The summed E-state index contributed by atoms with van der Waals surface area (Å²) in [6.45, 7) is 2.01. The molecule has 0 radical (unpaired) electrons. The summed E-state index contributed by atoms with van der Waals surface area (Å²) >= 11 is 0. The van der Waals surface area contributed by atoms with Gasteiger partial charge in [0.15, 0.2) is 0 Å². The highest BCUT2D eigenvalue weighted by molar-refractivity contribution is 5.96. The molecule has 0 aliphatic carbocycles. The fourth-order valence-corrected chi connectivity index (χ4v) is 6.78. The van der Waals surface area contributed by atoms with Crippen LogP contribution in [0.1, 0.15) is 49.4 Å². The number of nitrogens with two attached hydrogens (primary N) is 3. The molecule has 0 spiro atoms. The van der Waals surface area contributed by atoms with Gasteiger partial charge in [-0.15, -0.1) is 0 Å². The van der Waals surface area contributed by atoms with Crippen LogP contribution in [0, 0.1) is 0 Å². The zero-order valence-corrected chi connectivity index (χ0v) is 31.3. The summed E-state index contributed by atoms with van der Waals surface area (Å²) in [5.74, 6) is -3.41. The molecule has 2 aromatic heterocycles. The molecule has 4 aromatic rings. The van der Waals surface area contributed by atoms with E-state index in [1.807, 2.05) is 42.5 Å². The van der Waals surface area contributed by atoms with Crippen LogP contribution in [0.3, 0.4) is 0 Å². The highest BCUT2D eigenvalue weighted by atomic mass is 16.2. The number of hydrogen-bond donors (Lipinski definition) is 9. The molecule has 3 heterocycles. The number of rotatable bonds is 20. The Bertz CT molecular complexity index is 1970. The van der Waals surface area contributed by atoms with Crippen molar-refractivity contribution in [2.24, 2.45) is 17.2 Å². The van der Waals surface area contributed by atoms with Crippen molar-refractivity contribution in [3.8, 4) is 0 Å². The molecule has 17 heteroatoms. The second-order valence-corrected chi connectivity index (χ2v) is 14.1. The Labute approximate surface area is 324 Å². The number of aromatic amines is 2. The number of H-pyrrole nitrogens is 2. The van der Waals surface area contributed by atoms with Gasteiger partial charge in [0.25, 0.3) is 0 Å². The van der Waals surface area contributed by atoms with Gasteiger partial charge < -0.3 is 53.3 Å². The number of primary amides is 1. The van der Waals surface area contributed by atoms with Crippen LogP contribution in [0.4, 0.5) is 0 Å². The molecule has 1 fully saturated rings.